The van der Waals surface area contributed by atoms with Gasteiger partial charge in [-0.3, -0.25) is 0 Å². The van der Waals surface area contributed by atoms with E-state index < -0.39 is 0 Å². The van der Waals surface area contributed by atoms with Gasteiger partial charge in [0, 0.05) is 25.4 Å². The van der Waals surface area contributed by atoms with Crippen LogP contribution >= 0.6 is 11.6 Å². The van der Waals surface area contributed by atoms with Crippen molar-refractivity contribution in [3.05, 3.63) is 17.0 Å². The van der Waals surface area contributed by atoms with Crippen molar-refractivity contribution in [2.45, 2.75) is 13.3 Å². The number of nitrogens with zero attached hydrogens (tertiary/aromatic N) is 2. The molecule has 0 bridgehead atoms. The minimum Gasteiger partial charge on any atom is -0.383 e. The number of aromatic nitrogens is 2. The molecule has 1 aromatic heterocycles. The van der Waals surface area contributed by atoms with Crippen LogP contribution in [0.15, 0.2) is 6.07 Å². The van der Waals surface area contributed by atoms with Crippen LogP contribution in [-0.2, 0) is 11.2 Å². The molecule has 5 heteroatoms. The Bertz CT molecular complexity index is 293. The third-order valence-corrected chi connectivity index (χ3v) is 1.90. The molecule has 0 saturated carbocycles. The van der Waals surface area contributed by atoms with Crippen molar-refractivity contribution in [2.75, 3.05) is 25.6 Å². The number of hydrogen-bond donors (Lipinski definition) is 1. The number of nitrogens with one attached hydrogen (secondary N) is 1. The van der Waals surface area contributed by atoms with E-state index in [0.29, 0.717) is 13.2 Å². The second-order valence-corrected chi connectivity index (χ2v) is 3.12. The smallest absolute Gasteiger partial charge is 0.224 e. The molecule has 0 spiro atoms. The maximum absolute atomic E-state index is 5.75. The molecule has 0 aliphatic heterocycles. The molecule has 4 nitrogen and oxygen atoms in total. The lowest BCUT2D eigenvalue weighted by molar-refractivity contribution is 0.210. The van der Waals surface area contributed by atoms with Crippen molar-refractivity contribution < 1.29 is 4.74 Å². The molecule has 1 rings (SSSR count). The van der Waals surface area contributed by atoms with E-state index >= 15 is 0 Å². The lowest BCUT2D eigenvalue weighted by atomic mass is 10.3. The van der Waals surface area contributed by atoms with Gasteiger partial charge in [-0.25, -0.2) is 9.97 Å². The fourth-order valence-corrected chi connectivity index (χ4v) is 1.22. The molecule has 0 saturated heterocycles. The summed E-state index contributed by atoms with van der Waals surface area (Å²) >= 11 is 5.75. The summed E-state index contributed by atoms with van der Waals surface area (Å²) < 4.78 is 4.91. The molecule has 1 heterocycles. The van der Waals surface area contributed by atoms with Gasteiger partial charge >= 0.3 is 0 Å². The van der Waals surface area contributed by atoms with Gasteiger partial charge in [-0.2, -0.15) is 0 Å². The third kappa shape index (κ3) is 3.47. The largest absolute Gasteiger partial charge is 0.383 e. The highest BCUT2D eigenvalue weighted by Crippen LogP contribution is 2.10. The standard InChI is InChI=1S/C9H14ClN3O/c1-3-7-6-8(11-4-5-14-2)13-9(10)12-7/h6H,3-5H2,1-2H3,(H,11,12,13). The molecule has 14 heavy (non-hydrogen) atoms. The molecule has 0 unspecified atom stereocenters. The van der Waals surface area contributed by atoms with Gasteiger partial charge in [-0.1, -0.05) is 6.92 Å². The Morgan fingerprint density at radius 3 is 2.93 bits per heavy atom. The molecule has 0 atom stereocenters. The van der Waals surface area contributed by atoms with Gasteiger partial charge < -0.3 is 10.1 Å². The number of hydrogen-bond acceptors (Lipinski definition) is 4. The molecular formula is C9H14ClN3O. The van der Waals surface area contributed by atoms with Crippen LogP contribution in [0.1, 0.15) is 12.6 Å². The van der Waals surface area contributed by atoms with Crippen LogP contribution in [-0.4, -0.2) is 30.2 Å². The van der Waals surface area contributed by atoms with E-state index in [1.807, 2.05) is 13.0 Å². The molecule has 78 valence electrons. The summed E-state index contributed by atoms with van der Waals surface area (Å²) in [6, 6.07) is 1.89. The van der Waals surface area contributed by atoms with E-state index in [1.165, 1.54) is 0 Å². The minimum absolute atomic E-state index is 0.282. The summed E-state index contributed by atoms with van der Waals surface area (Å²) in [5.41, 5.74) is 0.935. The van der Waals surface area contributed by atoms with Crippen molar-refractivity contribution in [1.29, 1.82) is 0 Å². The number of anilines is 1. The van der Waals surface area contributed by atoms with Crippen LogP contribution in [0.4, 0.5) is 5.82 Å². The van der Waals surface area contributed by atoms with Gasteiger partial charge in [0.2, 0.25) is 5.28 Å². The molecular weight excluding hydrogens is 202 g/mol. The van der Waals surface area contributed by atoms with E-state index in [-0.39, 0.29) is 5.28 Å². The predicted octanol–water partition coefficient (Wildman–Crippen LogP) is 1.75. The van der Waals surface area contributed by atoms with Crippen molar-refractivity contribution in [3.8, 4) is 0 Å². The normalized spacial score (nSPS) is 10.2. The van der Waals surface area contributed by atoms with Gasteiger partial charge in [0.05, 0.1) is 6.61 Å². The highest BCUT2D eigenvalue weighted by atomic mass is 35.5. The Balaban J connectivity index is 2.62. The Hall–Kier alpha value is -0.870. The first-order chi connectivity index (χ1) is 6.76. The fraction of sp³-hybridized carbons (Fsp3) is 0.556. The van der Waals surface area contributed by atoms with Gasteiger partial charge in [0.1, 0.15) is 5.82 Å². The number of halogens is 1. The third-order valence-electron chi connectivity index (χ3n) is 1.73. The Labute approximate surface area is 88.7 Å². The lowest BCUT2D eigenvalue weighted by Crippen LogP contribution is -2.09. The second-order valence-electron chi connectivity index (χ2n) is 2.79. The topological polar surface area (TPSA) is 47.0 Å². The van der Waals surface area contributed by atoms with Crippen molar-refractivity contribution in [2.24, 2.45) is 0 Å². The summed E-state index contributed by atoms with van der Waals surface area (Å²) in [7, 11) is 1.66. The van der Waals surface area contributed by atoms with Crippen molar-refractivity contribution in [1.82, 2.24) is 9.97 Å². The highest BCUT2D eigenvalue weighted by Gasteiger charge is 2.00. The summed E-state index contributed by atoms with van der Waals surface area (Å²) in [5.74, 6) is 0.749. The van der Waals surface area contributed by atoms with E-state index in [1.54, 1.807) is 7.11 Å². The molecule has 1 aromatic rings. The Morgan fingerprint density at radius 1 is 1.50 bits per heavy atom. The molecule has 0 radical (unpaired) electrons. The molecule has 0 amide bonds. The van der Waals surface area contributed by atoms with Gasteiger partial charge in [-0.15, -0.1) is 0 Å². The zero-order valence-electron chi connectivity index (χ0n) is 8.38. The van der Waals surface area contributed by atoms with Crippen LogP contribution in [0.5, 0.6) is 0 Å². The van der Waals surface area contributed by atoms with E-state index in [4.69, 9.17) is 16.3 Å². The van der Waals surface area contributed by atoms with Gasteiger partial charge in [0.25, 0.3) is 0 Å². The van der Waals surface area contributed by atoms with Crippen molar-refractivity contribution in [3.63, 3.8) is 0 Å². The maximum atomic E-state index is 5.75. The number of ether oxygens (including phenoxy) is 1. The molecule has 0 aliphatic rings. The van der Waals surface area contributed by atoms with E-state index in [9.17, 15) is 0 Å². The Kier molecular flexibility index (Phi) is 4.62. The van der Waals surface area contributed by atoms with E-state index in [0.717, 1.165) is 17.9 Å². The number of rotatable bonds is 5. The average Bonchev–Trinajstić information content (AvgIpc) is 2.17. The SMILES string of the molecule is CCc1cc(NCCOC)nc(Cl)n1. The fourth-order valence-electron chi connectivity index (χ4n) is 1.02. The maximum Gasteiger partial charge on any atom is 0.224 e. The van der Waals surface area contributed by atoms with Crippen LogP contribution in [0, 0.1) is 0 Å². The zero-order valence-corrected chi connectivity index (χ0v) is 9.14. The second kappa shape index (κ2) is 5.78. The quantitative estimate of drug-likeness (QED) is 0.601. The molecule has 0 aromatic carbocycles. The van der Waals surface area contributed by atoms with Crippen LogP contribution < -0.4 is 5.32 Å². The lowest BCUT2D eigenvalue weighted by Gasteiger charge is -2.06. The first-order valence-corrected chi connectivity index (χ1v) is 4.90. The van der Waals surface area contributed by atoms with Gasteiger partial charge in [0.15, 0.2) is 0 Å². The average molecular weight is 216 g/mol. The summed E-state index contributed by atoms with van der Waals surface area (Å²) in [5, 5.41) is 3.38. The Morgan fingerprint density at radius 2 is 2.29 bits per heavy atom. The summed E-state index contributed by atoms with van der Waals surface area (Å²) in [6.07, 6.45) is 0.848. The molecule has 1 N–H and O–H groups in total. The minimum atomic E-state index is 0.282. The first kappa shape index (κ1) is 11.2. The van der Waals surface area contributed by atoms with Crippen molar-refractivity contribution >= 4 is 17.4 Å². The number of aryl methyl sites for hydroxylation is 1. The van der Waals surface area contributed by atoms with Crippen LogP contribution in [0.2, 0.25) is 5.28 Å². The van der Waals surface area contributed by atoms with Crippen LogP contribution in [0.3, 0.4) is 0 Å². The summed E-state index contributed by atoms with van der Waals surface area (Å²) in [6.45, 7) is 3.38. The molecule has 0 aliphatic carbocycles. The zero-order chi connectivity index (χ0) is 10.4. The summed E-state index contributed by atoms with van der Waals surface area (Å²) in [4.78, 5) is 8.10. The van der Waals surface area contributed by atoms with Gasteiger partial charge in [-0.05, 0) is 18.0 Å². The first-order valence-electron chi connectivity index (χ1n) is 4.52. The monoisotopic (exact) mass is 215 g/mol. The highest BCUT2D eigenvalue weighted by molar-refractivity contribution is 6.28. The van der Waals surface area contributed by atoms with Crippen LogP contribution in [0.25, 0.3) is 0 Å². The predicted molar refractivity (Wildman–Crippen MR) is 56.8 cm³/mol. The molecule has 0 fully saturated rings. The number of methoxy groups -OCH3 is 1. The van der Waals surface area contributed by atoms with E-state index in [2.05, 4.69) is 15.3 Å².